The van der Waals surface area contributed by atoms with E-state index >= 15 is 0 Å². The van der Waals surface area contributed by atoms with Crippen LogP contribution in [0.3, 0.4) is 0 Å². The minimum atomic E-state index is -4.41. The first-order valence-electron chi connectivity index (χ1n) is 4.13. The molecule has 0 rings (SSSR count). The average molecular weight is 230 g/mol. The molecule has 0 amide bonds. The van der Waals surface area contributed by atoms with Gasteiger partial charge in [0, 0.05) is 7.11 Å². The van der Waals surface area contributed by atoms with Gasteiger partial charge in [0.15, 0.2) is 0 Å². The summed E-state index contributed by atoms with van der Waals surface area (Å²) in [4.78, 5) is 0. The highest BCUT2D eigenvalue weighted by Crippen LogP contribution is 1.90. The molecular weight excluding hydrogens is 215 g/mol. The number of methoxy groups -OCH3 is 1. The van der Waals surface area contributed by atoms with Crippen LogP contribution in [0, 0.1) is 0 Å². The lowest BCUT2D eigenvalue weighted by Gasteiger charge is -2.03. The molecule has 7 heteroatoms. The molecule has 0 aromatic carbocycles. The second-order valence-corrected chi connectivity index (χ2v) is 3.95. The van der Waals surface area contributed by atoms with Crippen LogP contribution < -0.4 is 0 Å². The van der Waals surface area contributed by atoms with Gasteiger partial charge in [0.2, 0.25) is 0 Å². The second-order valence-electron chi connectivity index (χ2n) is 2.46. The summed E-state index contributed by atoms with van der Waals surface area (Å²) in [5.74, 6) is -0.606. The molecule has 0 N–H and O–H groups in total. The molecule has 0 radical (unpaired) electrons. The molecule has 0 aromatic heterocycles. The van der Waals surface area contributed by atoms with E-state index in [1.165, 1.54) is 0 Å². The summed E-state index contributed by atoms with van der Waals surface area (Å²) in [7, 11) is -2.85. The van der Waals surface area contributed by atoms with E-state index in [0.717, 1.165) is 0 Å². The first kappa shape index (κ1) is 13.8. The first-order chi connectivity index (χ1) is 6.56. The standard InChI is InChI=1S/C7H15FO5S/c1-11-2-3-12-4-5-13-6-7-14(8,9)10/h2-7H2,1H3. The first-order valence-corrected chi connectivity index (χ1v) is 5.68. The minimum Gasteiger partial charge on any atom is -0.382 e. The fourth-order valence-electron chi connectivity index (χ4n) is 0.623. The molecular formula is C7H15FO5S. The van der Waals surface area contributed by atoms with Crippen molar-refractivity contribution in [3.05, 3.63) is 0 Å². The summed E-state index contributed by atoms with van der Waals surface area (Å²) in [6.07, 6.45) is 0. The SMILES string of the molecule is COCCOCCOCCS(=O)(=O)F. The molecule has 0 atom stereocenters. The van der Waals surface area contributed by atoms with E-state index in [-0.39, 0.29) is 13.2 Å². The maximum absolute atomic E-state index is 11.9. The Morgan fingerprint density at radius 2 is 1.50 bits per heavy atom. The lowest BCUT2D eigenvalue weighted by molar-refractivity contribution is 0.0283. The van der Waals surface area contributed by atoms with Crippen LogP contribution in [0.2, 0.25) is 0 Å². The van der Waals surface area contributed by atoms with Crippen LogP contribution in [0.1, 0.15) is 0 Å². The van der Waals surface area contributed by atoms with Crippen LogP contribution in [-0.4, -0.2) is 54.3 Å². The Morgan fingerprint density at radius 3 is 2.00 bits per heavy atom. The minimum absolute atomic E-state index is 0.146. The zero-order chi connectivity index (χ0) is 10.9. The van der Waals surface area contributed by atoms with Crippen molar-refractivity contribution in [3.63, 3.8) is 0 Å². The molecule has 14 heavy (non-hydrogen) atoms. The highest BCUT2D eigenvalue weighted by Gasteiger charge is 2.05. The van der Waals surface area contributed by atoms with E-state index in [0.29, 0.717) is 19.8 Å². The summed E-state index contributed by atoms with van der Waals surface area (Å²) < 4.78 is 46.5. The Hall–Kier alpha value is -0.240. The lowest BCUT2D eigenvalue weighted by Crippen LogP contribution is -2.12. The van der Waals surface area contributed by atoms with Gasteiger partial charge in [-0.25, -0.2) is 0 Å². The van der Waals surface area contributed by atoms with Crippen molar-refractivity contribution in [2.75, 3.05) is 45.9 Å². The van der Waals surface area contributed by atoms with E-state index in [1.807, 2.05) is 0 Å². The molecule has 0 aliphatic carbocycles. The summed E-state index contributed by atoms with van der Waals surface area (Å²) in [5.41, 5.74) is 0. The molecule has 0 spiro atoms. The fraction of sp³-hybridized carbons (Fsp3) is 1.00. The van der Waals surface area contributed by atoms with Gasteiger partial charge in [0.1, 0.15) is 5.75 Å². The summed E-state index contributed by atoms with van der Waals surface area (Å²) >= 11 is 0. The Labute approximate surface area is 83.4 Å². The van der Waals surface area contributed by atoms with Crippen molar-refractivity contribution >= 4 is 10.2 Å². The Morgan fingerprint density at radius 1 is 1.00 bits per heavy atom. The Balaban J connectivity index is 3.07. The van der Waals surface area contributed by atoms with E-state index in [1.54, 1.807) is 7.11 Å². The number of rotatable bonds is 9. The predicted octanol–water partition coefficient (Wildman–Crippen LogP) is -0.0347. The maximum atomic E-state index is 11.9. The third-order valence-corrected chi connectivity index (χ3v) is 1.93. The van der Waals surface area contributed by atoms with Crippen molar-refractivity contribution in [3.8, 4) is 0 Å². The third-order valence-electron chi connectivity index (χ3n) is 1.28. The Bertz CT molecular complexity index is 216. The largest absolute Gasteiger partial charge is 0.382 e. The van der Waals surface area contributed by atoms with Crippen molar-refractivity contribution in [1.29, 1.82) is 0 Å². The van der Waals surface area contributed by atoms with Crippen molar-refractivity contribution in [1.82, 2.24) is 0 Å². The molecule has 0 heterocycles. The molecule has 0 saturated heterocycles. The number of hydrogen-bond donors (Lipinski definition) is 0. The van der Waals surface area contributed by atoms with Crippen LogP contribution in [-0.2, 0) is 24.4 Å². The number of halogens is 1. The van der Waals surface area contributed by atoms with E-state index < -0.39 is 16.0 Å². The number of ether oxygens (including phenoxy) is 3. The van der Waals surface area contributed by atoms with Crippen LogP contribution in [0.5, 0.6) is 0 Å². The average Bonchev–Trinajstić information content (AvgIpc) is 2.08. The topological polar surface area (TPSA) is 61.8 Å². The smallest absolute Gasteiger partial charge is 0.304 e. The van der Waals surface area contributed by atoms with Gasteiger partial charge in [-0.05, 0) is 0 Å². The van der Waals surface area contributed by atoms with Crippen molar-refractivity contribution < 1.29 is 26.5 Å². The molecule has 0 unspecified atom stereocenters. The molecule has 0 aliphatic heterocycles. The zero-order valence-electron chi connectivity index (χ0n) is 8.07. The van der Waals surface area contributed by atoms with Crippen molar-refractivity contribution in [2.24, 2.45) is 0 Å². The molecule has 0 aromatic rings. The highest BCUT2D eigenvalue weighted by molar-refractivity contribution is 7.86. The van der Waals surface area contributed by atoms with Gasteiger partial charge in [0.05, 0.1) is 33.0 Å². The van der Waals surface area contributed by atoms with Gasteiger partial charge in [-0.15, -0.1) is 3.89 Å². The molecule has 86 valence electrons. The van der Waals surface area contributed by atoms with Gasteiger partial charge < -0.3 is 14.2 Å². The number of hydrogen-bond acceptors (Lipinski definition) is 5. The second kappa shape index (κ2) is 8.10. The maximum Gasteiger partial charge on any atom is 0.304 e. The van der Waals surface area contributed by atoms with E-state index in [2.05, 4.69) is 0 Å². The monoisotopic (exact) mass is 230 g/mol. The lowest BCUT2D eigenvalue weighted by atomic mass is 10.7. The van der Waals surface area contributed by atoms with Crippen LogP contribution in [0.4, 0.5) is 3.89 Å². The van der Waals surface area contributed by atoms with Crippen LogP contribution in [0.15, 0.2) is 0 Å². The predicted molar refractivity (Wildman–Crippen MR) is 48.4 cm³/mol. The van der Waals surface area contributed by atoms with Crippen molar-refractivity contribution in [2.45, 2.75) is 0 Å². The summed E-state index contributed by atoms with van der Waals surface area (Å²) in [5, 5.41) is 0. The third kappa shape index (κ3) is 11.8. The van der Waals surface area contributed by atoms with Gasteiger partial charge in [0.25, 0.3) is 0 Å². The molecule has 5 nitrogen and oxygen atoms in total. The molecule has 0 aliphatic rings. The van der Waals surface area contributed by atoms with E-state index in [9.17, 15) is 12.3 Å². The van der Waals surface area contributed by atoms with E-state index in [4.69, 9.17) is 14.2 Å². The molecule has 0 bridgehead atoms. The van der Waals surface area contributed by atoms with Gasteiger partial charge in [-0.1, -0.05) is 0 Å². The van der Waals surface area contributed by atoms with Gasteiger partial charge in [-0.2, -0.15) is 8.42 Å². The Kier molecular flexibility index (Phi) is 7.96. The molecule has 0 saturated carbocycles. The van der Waals surface area contributed by atoms with Gasteiger partial charge >= 0.3 is 10.2 Å². The van der Waals surface area contributed by atoms with Crippen LogP contribution in [0.25, 0.3) is 0 Å². The highest BCUT2D eigenvalue weighted by atomic mass is 32.3. The normalized spacial score (nSPS) is 11.9. The quantitative estimate of drug-likeness (QED) is 0.411. The zero-order valence-corrected chi connectivity index (χ0v) is 8.89. The summed E-state index contributed by atoms with van der Waals surface area (Å²) in [6.45, 7) is 1.40. The fourth-order valence-corrected chi connectivity index (χ4v) is 0.940. The molecule has 0 fully saturated rings. The van der Waals surface area contributed by atoms with Gasteiger partial charge in [-0.3, -0.25) is 0 Å². The van der Waals surface area contributed by atoms with Crippen LogP contribution >= 0.6 is 0 Å². The summed E-state index contributed by atoms with van der Waals surface area (Å²) in [6, 6.07) is 0.